The number of nitrogens with zero attached hydrogens (tertiary/aromatic N) is 6. The highest BCUT2D eigenvalue weighted by Crippen LogP contribution is 2.26. The van der Waals surface area contributed by atoms with Crippen molar-refractivity contribution in [3.05, 3.63) is 36.8 Å². The summed E-state index contributed by atoms with van der Waals surface area (Å²) in [5.74, 6) is 0.851. The standard InChI is InChI=1S/C17H21N7O/c1-22-7-5-13-15(22)19-10-20-16(13)24-6-3-4-12(9-24)21-17(25)14-8-18-11-23(14)2/h5,7-8,10-12H,3-4,6,9H2,1-2H3,(H,21,25). The van der Waals surface area contributed by atoms with E-state index in [4.69, 9.17) is 0 Å². The molecule has 1 saturated heterocycles. The Bertz CT molecular complexity index is 913. The van der Waals surface area contributed by atoms with Gasteiger partial charge in [-0.3, -0.25) is 4.79 Å². The Morgan fingerprint density at radius 3 is 2.96 bits per heavy atom. The van der Waals surface area contributed by atoms with Crippen LogP contribution in [0.3, 0.4) is 0 Å². The molecule has 0 aromatic carbocycles. The van der Waals surface area contributed by atoms with Gasteiger partial charge in [0, 0.05) is 39.4 Å². The number of hydrogen-bond donors (Lipinski definition) is 1. The summed E-state index contributed by atoms with van der Waals surface area (Å²) in [7, 11) is 3.80. The molecule has 1 fully saturated rings. The zero-order valence-corrected chi connectivity index (χ0v) is 14.4. The van der Waals surface area contributed by atoms with Crippen LogP contribution >= 0.6 is 0 Å². The SMILES string of the molecule is Cn1cncc1C(=O)NC1CCCN(c2ncnc3c2ccn3C)C1. The number of amides is 1. The lowest BCUT2D eigenvalue weighted by Gasteiger charge is -2.34. The van der Waals surface area contributed by atoms with Gasteiger partial charge in [0.25, 0.3) is 5.91 Å². The Balaban J connectivity index is 1.53. The van der Waals surface area contributed by atoms with Gasteiger partial charge in [-0.2, -0.15) is 0 Å². The van der Waals surface area contributed by atoms with Gasteiger partial charge in [0.05, 0.1) is 17.9 Å². The largest absolute Gasteiger partial charge is 0.354 e. The first-order valence-corrected chi connectivity index (χ1v) is 8.41. The normalized spacial score (nSPS) is 17.8. The number of hydrogen-bond acceptors (Lipinski definition) is 5. The maximum absolute atomic E-state index is 12.4. The quantitative estimate of drug-likeness (QED) is 0.773. The topological polar surface area (TPSA) is 80.9 Å². The van der Waals surface area contributed by atoms with Crippen molar-refractivity contribution in [1.82, 2.24) is 29.4 Å². The molecule has 1 N–H and O–H groups in total. The second-order valence-electron chi connectivity index (χ2n) is 6.51. The van der Waals surface area contributed by atoms with Gasteiger partial charge in [-0.1, -0.05) is 0 Å². The first-order chi connectivity index (χ1) is 12.1. The number of anilines is 1. The summed E-state index contributed by atoms with van der Waals surface area (Å²) in [6, 6.07) is 2.13. The molecule has 8 heteroatoms. The maximum atomic E-state index is 12.4. The van der Waals surface area contributed by atoms with Gasteiger partial charge < -0.3 is 19.4 Å². The Hall–Kier alpha value is -2.90. The van der Waals surface area contributed by atoms with E-state index in [0.29, 0.717) is 5.69 Å². The van der Waals surface area contributed by atoms with Crippen LogP contribution in [0.25, 0.3) is 11.0 Å². The molecule has 0 saturated carbocycles. The Morgan fingerprint density at radius 2 is 2.16 bits per heavy atom. The number of carbonyl (C=O) groups excluding carboxylic acids is 1. The first-order valence-electron chi connectivity index (χ1n) is 8.41. The molecule has 130 valence electrons. The molecule has 1 unspecified atom stereocenters. The maximum Gasteiger partial charge on any atom is 0.269 e. The fraction of sp³-hybridized carbons (Fsp3) is 0.412. The van der Waals surface area contributed by atoms with Crippen molar-refractivity contribution in [3.8, 4) is 0 Å². The average molecular weight is 339 g/mol. The van der Waals surface area contributed by atoms with E-state index < -0.39 is 0 Å². The zero-order valence-electron chi connectivity index (χ0n) is 14.4. The molecule has 3 aromatic heterocycles. The zero-order chi connectivity index (χ0) is 17.4. The summed E-state index contributed by atoms with van der Waals surface area (Å²) >= 11 is 0. The number of imidazole rings is 1. The molecule has 0 aliphatic carbocycles. The van der Waals surface area contributed by atoms with E-state index in [1.165, 1.54) is 0 Å². The average Bonchev–Trinajstić information content (AvgIpc) is 3.21. The van der Waals surface area contributed by atoms with E-state index >= 15 is 0 Å². The summed E-state index contributed by atoms with van der Waals surface area (Å²) in [5.41, 5.74) is 1.50. The molecule has 0 bridgehead atoms. The molecule has 25 heavy (non-hydrogen) atoms. The third-order valence-corrected chi connectivity index (χ3v) is 4.75. The minimum Gasteiger partial charge on any atom is -0.354 e. The van der Waals surface area contributed by atoms with Crippen molar-refractivity contribution in [2.75, 3.05) is 18.0 Å². The number of nitrogens with one attached hydrogen (secondary N) is 1. The highest BCUT2D eigenvalue weighted by Gasteiger charge is 2.25. The minimum absolute atomic E-state index is 0.0839. The summed E-state index contributed by atoms with van der Waals surface area (Å²) < 4.78 is 3.72. The molecule has 0 spiro atoms. The van der Waals surface area contributed by atoms with Crippen molar-refractivity contribution >= 4 is 22.8 Å². The summed E-state index contributed by atoms with van der Waals surface area (Å²) in [6.07, 6.45) is 8.80. The lowest BCUT2D eigenvalue weighted by Crippen LogP contribution is -2.48. The van der Waals surface area contributed by atoms with Crippen molar-refractivity contribution in [2.24, 2.45) is 14.1 Å². The van der Waals surface area contributed by atoms with Crippen LogP contribution in [0.2, 0.25) is 0 Å². The van der Waals surface area contributed by atoms with Crippen molar-refractivity contribution in [2.45, 2.75) is 18.9 Å². The van der Waals surface area contributed by atoms with E-state index in [-0.39, 0.29) is 11.9 Å². The predicted octanol–water partition coefficient (Wildman–Crippen LogP) is 1.10. The van der Waals surface area contributed by atoms with Gasteiger partial charge in [-0.05, 0) is 18.9 Å². The molecular formula is C17H21N7O. The number of carbonyl (C=O) groups is 1. The molecule has 4 rings (SSSR count). The van der Waals surface area contributed by atoms with Gasteiger partial charge >= 0.3 is 0 Å². The van der Waals surface area contributed by atoms with E-state index in [0.717, 1.165) is 42.8 Å². The van der Waals surface area contributed by atoms with Crippen LogP contribution in [0, 0.1) is 0 Å². The van der Waals surface area contributed by atoms with Crippen LogP contribution in [-0.2, 0) is 14.1 Å². The summed E-state index contributed by atoms with van der Waals surface area (Å²) in [4.78, 5) is 27.5. The predicted molar refractivity (Wildman–Crippen MR) is 94.4 cm³/mol. The van der Waals surface area contributed by atoms with Crippen LogP contribution < -0.4 is 10.2 Å². The molecule has 1 atom stereocenters. The molecule has 4 heterocycles. The van der Waals surface area contributed by atoms with E-state index in [9.17, 15) is 4.79 Å². The smallest absolute Gasteiger partial charge is 0.269 e. The van der Waals surface area contributed by atoms with Gasteiger partial charge in [-0.25, -0.2) is 15.0 Å². The van der Waals surface area contributed by atoms with E-state index in [1.54, 1.807) is 23.4 Å². The van der Waals surface area contributed by atoms with Gasteiger partial charge in [0.15, 0.2) is 0 Å². The van der Waals surface area contributed by atoms with Gasteiger partial charge in [0.2, 0.25) is 0 Å². The van der Waals surface area contributed by atoms with Crippen molar-refractivity contribution in [1.29, 1.82) is 0 Å². The third-order valence-electron chi connectivity index (χ3n) is 4.75. The number of piperidine rings is 1. The van der Waals surface area contributed by atoms with Crippen molar-refractivity contribution in [3.63, 3.8) is 0 Å². The lowest BCUT2D eigenvalue weighted by molar-refractivity contribution is 0.0925. The minimum atomic E-state index is -0.0839. The summed E-state index contributed by atoms with van der Waals surface area (Å²) in [6.45, 7) is 1.67. The highest BCUT2D eigenvalue weighted by molar-refractivity contribution is 5.92. The second kappa shape index (κ2) is 6.19. The summed E-state index contributed by atoms with van der Waals surface area (Å²) in [5, 5.41) is 4.17. The molecule has 8 nitrogen and oxygen atoms in total. The van der Waals surface area contributed by atoms with Crippen LogP contribution in [-0.4, -0.2) is 49.1 Å². The van der Waals surface area contributed by atoms with Crippen LogP contribution in [0.4, 0.5) is 5.82 Å². The van der Waals surface area contributed by atoms with Crippen LogP contribution in [0.1, 0.15) is 23.3 Å². The first kappa shape index (κ1) is 15.6. The van der Waals surface area contributed by atoms with Crippen LogP contribution in [0.15, 0.2) is 31.1 Å². The third kappa shape index (κ3) is 2.84. The van der Waals surface area contributed by atoms with Crippen LogP contribution in [0.5, 0.6) is 0 Å². The lowest BCUT2D eigenvalue weighted by atomic mass is 10.1. The molecule has 1 aliphatic rings. The van der Waals surface area contributed by atoms with Crippen molar-refractivity contribution < 1.29 is 4.79 Å². The number of aromatic nitrogens is 5. The molecule has 3 aromatic rings. The Morgan fingerprint density at radius 1 is 1.28 bits per heavy atom. The molecule has 1 amide bonds. The van der Waals surface area contributed by atoms with Gasteiger partial charge in [0.1, 0.15) is 23.5 Å². The molecule has 0 radical (unpaired) electrons. The molecular weight excluding hydrogens is 318 g/mol. The van der Waals surface area contributed by atoms with Gasteiger partial charge in [-0.15, -0.1) is 0 Å². The fourth-order valence-corrected chi connectivity index (χ4v) is 3.44. The van der Waals surface area contributed by atoms with E-state index in [2.05, 4.69) is 25.2 Å². The highest BCUT2D eigenvalue weighted by atomic mass is 16.2. The molecule has 1 aliphatic heterocycles. The fourth-order valence-electron chi connectivity index (χ4n) is 3.44. The Kier molecular flexibility index (Phi) is 3.87. The number of aryl methyl sites for hydroxylation is 2. The monoisotopic (exact) mass is 339 g/mol. The number of rotatable bonds is 3. The van der Waals surface area contributed by atoms with E-state index in [1.807, 2.05) is 30.9 Å². The number of fused-ring (bicyclic) bond motifs is 1. The Labute approximate surface area is 145 Å². The second-order valence-corrected chi connectivity index (χ2v) is 6.51.